The molecule has 4 nitrogen and oxygen atoms in total. The van der Waals surface area contributed by atoms with E-state index in [-0.39, 0.29) is 0 Å². The van der Waals surface area contributed by atoms with E-state index < -0.39 is 0 Å². The Kier molecular flexibility index (Phi) is 3.45. The third-order valence-corrected chi connectivity index (χ3v) is 4.94. The molecule has 4 heterocycles. The summed E-state index contributed by atoms with van der Waals surface area (Å²) >= 11 is 1.74. The van der Waals surface area contributed by atoms with Crippen molar-refractivity contribution < 1.29 is 0 Å². The second kappa shape index (κ2) is 5.58. The van der Waals surface area contributed by atoms with Crippen LogP contribution < -0.4 is 5.32 Å². The van der Waals surface area contributed by atoms with Crippen LogP contribution in [0.1, 0.15) is 18.7 Å². The highest BCUT2D eigenvalue weighted by atomic mass is 32.1. The van der Waals surface area contributed by atoms with E-state index in [1.54, 1.807) is 11.3 Å². The highest BCUT2D eigenvalue weighted by molar-refractivity contribution is 7.12. The van der Waals surface area contributed by atoms with E-state index in [4.69, 9.17) is 4.98 Å². The number of aromatic nitrogens is 3. The van der Waals surface area contributed by atoms with Gasteiger partial charge in [-0.15, -0.1) is 11.3 Å². The zero-order chi connectivity index (χ0) is 14.1. The van der Waals surface area contributed by atoms with Crippen molar-refractivity contribution in [1.82, 2.24) is 19.9 Å². The molecule has 1 aliphatic rings. The van der Waals surface area contributed by atoms with Crippen LogP contribution in [0.2, 0.25) is 0 Å². The van der Waals surface area contributed by atoms with E-state index in [1.807, 2.05) is 12.3 Å². The van der Waals surface area contributed by atoms with Crippen LogP contribution in [0.5, 0.6) is 0 Å². The molecular weight excluding hydrogens is 280 g/mol. The molecule has 3 aromatic heterocycles. The molecule has 0 aliphatic carbocycles. The predicted molar refractivity (Wildman–Crippen MR) is 86.0 cm³/mol. The Labute approximate surface area is 127 Å². The van der Waals surface area contributed by atoms with Gasteiger partial charge in [0.15, 0.2) is 5.65 Å². The topological polar surface area (TPSA) is 42.7 Å². The zero-order valence-corrected chi connectivity index (χ0v) is 12.6. The molecule has 0 bridgehead atoms. The molecule has 108 valence electrons. The molecule has 0 spiro atoms. The molecule has 5 heteroatoms. The van der Waals surface area contributed by atoms with Crippen molar-refractivity contribution in [1.29, 1.82) is 0 Å². The second-order valence-corrected chi connectivity index (χ2v) is 6.50. The fourth-order valence-corrected chi connectivity index (χ4v) is 3.83. The molecule has 1 N–H and O–H groups in total. The number of fused-ring (bicyclic) bond motifs is 1. The lowest BCUT2D eigenvalue weighted by molar-refractivity contribution is 0.370. The Balaban J connectivity index is 1.78. The second-order valence-electron chi connectivity index (χ2n) is 5.58. The summed E-state index contributed by atoms with van der Waals surface area (Å²) in [5, 5.41) is 6.80. The molecule has 0 amide bonds. The molecular formula is C16H18N4S. The molecule has 1 aliphatic heterocycles. The number of hydrogen-bond donors (Lipinski definition) is 1. The fourth-order valence-electron chi connectivity index (χ4n) is 3.08. The van der Waals surface area contributed by atoms with Crippen LogP contribution >= 0.6 is 11.3 Å². The Hall–Kier alpha value is -1.72. The van der Waals surface area contributed by atoms with Crippen molar-refractivity contribution in [2.24, 2.45) is 5.92 Å². The number of nitrogens with one attached hydrogen (secondary N) is 1. The van der Waals surface area contributed by atoms with Crippen molar-refractivity contribution in [3.05, 3.63) is 41.7 Å². The zero-order valence-electron chi connectivity index (χ0n) is 11.8. The standard InChI is InChI=1S/C16H18N4S/c1-4-12(11-17-7-1)10-14-19-13-5-2-8-18-16(13)20(14)15-6-3-9-21-15/h2-3,5-6,8-9,12,17H,1,4,7,10-11H2. The normalized spacial score (nSPS) is 19.1. The van der Waals surface area contributed by atoms with Crippen molar-refractivity contribution >= 4 is 22.5 Å². The molecule has 0 aromatic carbocycles. The van der Waals surface area contributed by atoms with E-state index in [9.17, 15) is 0 Å². The van der Waals surface area contributed by atoms with Gasteiger partial charge in [-0.25, -0.2) is 9.97 Å². The lowest BCUT2D eigenvalue weighted by Crippen LogP contribution is -2.31. The summed E-state index contributed by atoms with van der Waals surface area (Å²) in [7, 11) is 0. The van der Waals surface area contributed by atoms with Gasteiger partial charge in [-0.1, -0.05) is 0 Å². The van der Waals surface area contributed by atoms with Gasteiger partial charge < -0.3 is 5.32 Å². The van der Waals surface area contributed by atoms with Gasteiger partial charge in [0.25, 0.3) is 0 Å². The molecule has 1 unspecified atom stereocenters. The summed E-state index contributed by atoms with van der Waals surface area (Å²) in [4.78, 5) is 9.38. The largest absolute Gasteiger partial charge is 0.316 e. The number of thiophene rings is 1. The van der Waals surface area contributed by atoms with Gasteiger partial charge in [-0.3, -0.25) is 4.57 Å². The summed E-state index contributed by atoms with van der Waals surface area (Å²) in [5.74, 6) is 1.81. The minimum atomic E-state index is 0.675. The van der Waals surface area contributed by atoms with Gasteiger partial charge in [-0.2, -0.15) is 0 Å². The van der Waals surface area contributed by atoms with E-state index in [0.717, 1.165) is 36.5 Å². The third kappa shape index (κ3) is 2.47. The monoisotopic (exact) mass is 298 g/mol. The lowest BCUT2D eigenvalue weighted by atomic mass is 9.96. The van der Waals surface area contributed by atoms with Crippen LogP contribution in [0.4, 0.5) is 0 Å². The van der Waals surface area contributed by atoms with Crippen molar-refractivity contribution in [2.45, 2.75) is 19.3 Å². The van der Waals surface area contributed by atoms with Gasteiger partial charge in [0, 0.05) is 12.6 Å². The molecule has 1 saturated heterocycles. The smallest absolute Gasteiger partial charge is 0.165 e. The average Bonchev–Trinajstić information content (AvgIpc) is 3.14. The highest BCUT2D eigenvalue weighted by Gasteiger charge is 2.19. The minimum Gasteiger partial charge on any atom is -0.316 e. The predicted octanol–water partition coefficient (Wildman–Crippen LogP) is 3.02. The molecule has 4 rings (SSSR count). The Bertz CT molecular complexity index is 726. The number of pyridine rings is 1. The first-order valence-electron chi connectivity index (χ1n) is 7.49. The lowest BCUT2D eigenvalue weighted by Gasteiger charge is -2.22. The first-order chi connectivity index (χ1) is 10.4. The van der Waals surface area contributed by atoms with Crippen LogP contribution in [-0.4, -0.2) is 27.6 Å². The Morgan fingerprint density at radius 1 is 1.33 bits per heavy atom. The first kappa shape index (κ1) is 13.0. The number of rotatable bonds is 3. The summed E-state index contributed by atoms with van der Waals surface area (Å²) in [6, 6.07) is 8.24. The van der Waals surface area contributed by atoms with Crippen molar-refractivity contribution in [3.63, 3.8) is 0 Å². The molecule has 1 fully saturated rings. The van der Waals surface area contributed by atoms with Crippen LogP contribution in [0.3, 0.4) is 0 Å². The SMILES string of the molecule is c1csc(-n2c(CC3CCCNC3)nc3cccnc32)c1. The van der Waals surface area contributed by atoms with Crippen molar-refractivity contribution in [2.75, 3.05) is 13.1 Å². The summed E-state index contributed by atoms with van der Waals surface area (Å²) < 4.78 is 2.23. The Morgan fingerprint density at radius 2 is 2.33 bits per heavy atom. The van der Waals surface area contributed by atoms with E-state index in [2.05, 4.69) is 38.4 Å². The fraction of sp³-hybridized carbons (Fsp3) is 0.375. The summed E-state index contributed by atoms with van der Waals surface area (Å²) in [6.45, 7) is 2.25. The van der Waals surface area contributed by atoms with Crippen LogP contribution in [0.15, 0.2) is 35.8 Å². The van der Waals surface area contributed by atoms with Gasteiger partial charge in [-0.05, 0) is 61.5 Å². The Morgan fingerprint density at radius 3 is 3.14 bits per heavy atom. The van der Waals surface area contributed by atoms with E-state index >= 15 is 0 Å². The average molecular weight is 298 g/mol. The number of nitrogens with zero attached hydrogens (tertiary/aromatic N) is 3. The molecule has 3 aromatic rings. The van der Waals surface area contributed by atoms with Gasteiger partial charge in [0.05, 0.1) is 0 Å². The summed E-state index contributed by atoms with van der Waals surface area (Å²) in [6.07, 6.45) is 5.41. The maximum absolute atomic E-state index is 4.84. The van der Waals surface area contributed by atoms with Crippen LogP contribution in [0, 0.1) is 5.92 Å². The third-order valence-electron chi connectivity index (χ3n) is 4.08. The van der Waals surface area contributed by atoms with Gasteiger partial charge >= 0.3 is 0 Å². The highest BCUT2D eigenvalue weighted by Crippen LogP contribution is 2.26. The number of hydrogen-bond acceptors (Lipinski definition) is 4. The molecule has 0 radical (unpaired) electrons. The molecule has 21 heavy (non-hydrogen) atoms. The van der Waals surface area contributed by atoms with Crippen molar-refractivity contribution in [3.8, 4) is 5.00 Å². The quantitative estimate of drug-likeness (QED) is 0.808. The van der Waals surface area contributed by atoms with Gasteiger partial charge in [0.2, 0.25) is 0 Å². The first-order valence-corrected chi connectivity index (χ1v) is 8.37. The summed E-state index contributed by atoms with van der Waals surface area (Å²) in [5.41, 5.74) is 1.96. The minimum absolute atomic E-state index is 0.675. The maximum Gasteiger partial charge on any atom is 0.165 e. The number of imidazole rings is 1. The van der Waals surface area contributed by atoms with Gasteiger partial charge in [0.1, 0.15) is 16.3 Å². The van der Waals surface area contributed by atoms with E-state index in [1.165, 1.54) is 17.8 Å². The van der Waals surface area contributed by atoms with E-state index in [0.29, 0.717) is 5.92 Å². The molecule has 1 atom stereocenters. The maximum atomic E-state index is 4.84. The van der Waals surface area contributed by atoms with Crippen LogP contribution in [0.25, 0.3) is 16.2 Å². The number of piperidine rings is 1. The molecule has 0 saturated carbocycles. The van der Waals surface area contributed by atoms with Crippen LogP contribution in [-0.2, 0) is 6.42 Å².